The molecule has 4 rings (SSSR count). The third kappa shape index (κ3) is 3.16. The van der Waals surface area contributed by atoms with Gasteiger partial charge in [0.2, 0.25) is 0 Å². The molecule has 0 amide bonds. The molecule has 0 saturated heterocycles. The zero-order valence-corrected chi connectivity index (χ0v) is 14.2. The fraction of sp³-hybridized carbons (Fsp3) is 0. The van der Waals surface area contributed by atoms with Gasteiger partial charge in [-0.3, -0.25) is 20.1 Å². The van der Waals surface area contributed by atoms with Crippen LogP contribution in [0.15, 0.2) is 85.3 Å². The molecule has 0 N–H and O–H groups in total. The zero-order chi connectivity index (χ0) is 18.6. The number of benzene rings is 1. The fourth-order valence-corrected chi connectivity index (χ4v) is 3.02. The highest BCUT2D eigenvalue weighted by Gasteiger charge is 2.23. The summed E-state index contributed by atoms with van der Waals surface area (Å²) in [7, 11) is 0. The van der Waals surface area contributed by atoms with Crippen molar-refractivity contribution in [3.05, 3.63) is 95.4 Å². The van der Waals surface area contributed by atoms with E-state index in [9.17, 15) is 10.1 Å². The highest BCUT2D eigenvalue weighted by Crippen LogP contribution is 2.41. The normalized spacial score (nSPS) is 10.5. The summed E-state index contributed by atoms with van der Waals surface area (Å²) in [5.74, 6) is 0. The van der Waals surface area contributed by atoms with Gasteiger partial charge in [-0.1, -0.05) is 30.3 Å². The van der Waals surface area contributed by atoms with E-state index in [-0.39, 0.29) is 5.69 Å². The van der Waals surface area contributed by atoms with Crippen LogP contribution in [0, 0.1) is 10.1 Å². The number of aromatic nitrogens is 3. The molecular weight excluding hydrogens is 340 g/mol. The van der Waals surface area contributed by atoms with Crippen molar-refractivity contribution < 1.29 is 4.92 Å². The van der Waals surface area contributed by atoms with Crippen LogP contribution in [0.1, 0.15) is 0 Å². The Balaban J connectivity index is 2.08. The zero-order valence-electron chi connectivity index (χ0n) is 14.2. The molecule has 0 saturated carbocycles. The maximum atomic E-state index is 11.6. The smallest absolute Gasteiger partial charge is 0.258 e. The van der Waals surface area contributed by atoms with Gasteiger partial charge >= 0.3 is 0 Å². The molecule has 0 radical (unpaired) electrons. The van der Waals surface area contributed by atoms with Crippen molar-refractivity contribution in [1.82, 2.24) is 15.0 Å². The average molecular weight is 354 g/mol. The van der Waals surface area contributed by atoms with Gasteiger partial charge in [-0.05, 0) is 30.3 Å². The number of pyridine rings is 3. The van der Waals surface area contributed by atoms with Gasteiger partial charge in [-0.15, -0.1) is 0 Å². The Morgan fingerprint density at radius 3 is 1.78 bits per heavy atom. The average Bonchev–Trinajstić information content (AvgIpc) is 2.74. The summed E-state index contributed by atoms with van der Waals surface area (Å²) in [6, 6.07) is 19.9. The topological polar surface area (TPSA) is 81.8 Å². The minimum Gasteiger partial charge on any atom is -0.258 e. The van der Waals surface area contributed by atoms with Crippen LogP contribution in [0.5, 0.6) is 0 Å². The van der Waals surface area contributed by atoms with Crippen molar-refractivity contribution >= 4 is 5.69 Å². The molecule has 130 valence electrons. The molecule has 0 aliphatic rings. The van der Waals surface area contributed by atoms with Crippen molar-refractivity contribution in [1.29, 1.82) is 0 Å². The van der Waals surface area contributed by atoms with Crippen molar-refractivity contribution in [3.8, 4) is 33.8 Å². The molecule has 4 aromatic rings. The van der Waals surface area contributed by atoms with Crippen LogP contribution in [-0.4, -0.2) is 19.9 Å². The van der Waals surface area contributed by atoms with Crippen LogP contribution in [0.2, 0.25) is 0 Å². The van der Waals surface area contributed by atoms with Gasteiger partial charge in [0.25, 0.3) is 5.69 Å². The maximum absolute atomic E-state index is 11.6. The number of rotatable bonds is 4. The number of hydrogen-bond acceptors (Lipinski definition) is 5. The predicted octanol–water partition coefficient (Wildman–Crippen LogP) is 4.78. The first kappa shape index (κ1) is 16.5. The lowest BCUT2D eigenvalue weighted by Gasteiger charge is -2.14. The Kier molecular flexibility index (Phi) is 4.37. The first-order valence-corrected chi connectivity index (χ1v) is 8.31. The van der Waals surface area contributed by atoms with E-state index in [1.54, 1.807) is 24.7 Å². The molecule has 3 heterocycles. The van der Waals surface area contributed by atoms with Gasteiger partial charge < -0.3 is 0 Å². The van der Waals surface area contributed by atoms with Crippen LogP contribution < -0.4 is 0 Å². The van der Waals surface area contributed by atoms with Crippen LogP contribution in [-0.2, 0) is 0 Å². The minimum atomic E-state index is -0.417. The minimum absolute atomic E-state index is 0.0573. The third-order valence-corrected chi connectivity index (χ3v) is 4.17. The van der Waals surface area contributed by atoms with Gasteiger partial charge in [0, 0.05) is 41.3 Å². The van der Waals surface area contributed by atoms with Crippen LogP contribution in [0.25, 0.3) is 33.8 Å². The maximum Gasteiger partial charge on any atom is 0.295 e. The second-order valence-corrected chi connectivity index (χ2v) is 5.79. The van der Waals surface area contributed by atoms with Gasteiger partial charge in [-0.2, -0.15) is 0 Å². The van der Waals surface area contributed by atoms with E-state index in [4.69, 9.17) is 0 Å². The second kappa shape index (κ2) is 7.13. The molecule has 3 aromatic heterocycles. The Bertz CT molecular complexity index is 1040. The first-order valence-electron chi connectivity index (χ1n) is 8.31. The quantitative estimate of drug-likeness (QED) is 0.389. The Hall–Kier alpha value is -3.93. The van der Waals surface area contributed by atoms with Crippen LogP contribution in [0.4, 0.5) is 5.69 Å². The molecule has 6 nitrogen and oxygen atoms in total. The lowest BCUT2D eigenvalue weighted by molar-refractivity contribution is -0.384. The van der Waals surface area contributed by atoms with Gasteiger partial charge in [0.1, 0.15) is 5.69 Å². The summed E-state index contributed by atoms with van der Waals surface area (Å²) in [4.78, 5) is 24.4. The molecule has 0 aliphatic carbocycles. The molecule has 0 unspecified atom stereocenters. The van der Waals surface area contributed by atoms with Crippen molar-refractivity contribution in [2.45, 2.75) is 0 Å². The van der Waals surface area contributed by atoms with E-state index in [1.165, 1.54) is 6.07 Å². The van der Waals surface area contributed by atoms with E-state index in [1.807, 2.05) is 54.6 Å². The molecule has 0 spiro atoms. The Morgan fingerprint density at radius 2 is 1.26 bits per heavy atom. The summed E-state index contributed by atoms with van der Waals surface area (Å²) >= 11 is 0. The van der Waals surface area contributed by atoms with Crippen LogP contribution >= 0.6 is 0 Å². The van der Waals surface area contributed by atoms with E-state index in [0.717, 1.165) is 11.1 Å². The summed E-state index contributed by atoms with van der Waals surface area (Å²) < 4.78 is 0. The highest BCUT2D eigenvalue weighted by molar-refractivity contribution is 5.94. The van der Waals surface area contributed by atoms with Gasteiger partial charge in [0.15, 0.2) is 0 Å². The summed E-state index contributed by atoms with van der Waals surface area (Å²) in [5.41, 5.74) is 3.83. The van der Waals surface area contributed by atoms with Crippen molar-refractivity contribution in [3.63, 3.8) is 0 Å². The first-order chi connectivity index (χ1) is 13.3. The predicted molar refractivity (Wildman–Crippen MR) is 103 cm³/mol. The molecule has 0 bridgehead atoms. The molecule has 0 atom stereocenters. The SMILES string of the molecule is O=[N+]([O-])c1cccnc1-c1c(-c2ccccn2)cccc1-c1ccccn1. The van der Waals surface area contributed by atoms with Crippen molar-refractivity contribution in [2.75, 3.05) is 0 Å². The second-order valence-electron chi connectivity index (χ2n) is 5.79. The monoisotopic (exact) mass is 354 g/mol. The molecule has 0 fully saturated rings. The van der Waals surface area contributed by atoms with E-state index < -0.39 is 4.92 Å². The van der Waals surface area contributed by atoms with Gasteiger partial charge in [0.05, 0.1) is 16.3 Å². The standard InChI is InChI=1S/C21H14N4O2/c26-25(27)19-11-6-14-24-21(19)20-15(17-9-1-3-12-22-17)7-5-8-16(20)18-10-2-4-13-23-18/h1-14H. The molecule has 6 heteroatoms. The van der Waals surface area contributed by atoms with Crippen LogP contribution in [0.3, 0.4) is 0 Å². The third-order valence-electron chi connectivity index (χ3n) is 4.17. The number of hydrogen-bond donors (Lipinski definition) is 0. The summed E-state index contributed by atoms with van der Waals surface area (Å²) in [6.45, 7) is 0. The summed E-state index contributed by atoms with van der Waals surface area (Å²) in [6.07, 6.45) is 4.94. The number of nitrogens with zero attached hydrogens (tertiary/aromatic N) is 4. The van der Waals surface area contributed by atoms with E-state index in [2.05, 4.69) is 15.0 Å². The molecule has 27 heavy (non-hydrogen) atoms. The van der Waals surface area contributed by atoms with Gasteiger partial charge in [-0.25, -0.2) is 4.98 Å². The molecular formula is C21H14N4O2. The van der Waals surface area contributed by atoms with E-state index >= 15 is 0 Å². The Morgan fingerprint density at radius 1 is 0.667 bits per heavy atom. The summed E-state index contributed by atoms with van der Waals surface area (Å²) in [5, 5.41) is 11.6. The lowest BCUT2D eigenvalue weighted by Crippen LogP contribution is -1.99. The van der Waals surface area contributed by atoms with Crippen molar-refractivity contribution in [2.24, 2.45) is 0 Å². The van der Waals surface area contributed by atoms with E-state index in [0.29, 0.717) is 22.6 Å². The number of nitro groups is 1. The molecule has 0 aliphatic heterocycles. The largest absolute Gasteiger partial charge is 0.295 e. The Labute approximate surface area is 155 Å². The molecule has 1 aromatic carbocycles. The fourth-order valence-electron chi connectivity index (χ4n) is 3.02. The highest BCUT2D eigenvalue weighted by atomic mass is 16.6. The lowest BCUT2D eigenvalue weighted by atomic mass is 9.92.